The summed E-state index contributed by atoms with van der Waals surface area (Å²) < 4.78 is 29.7. The summed E-state index contributed by atoms with van der Waals surface area (Å²) in [6, 6.07) is 6.95. The van der Waals surface area contributed by atoms with Crippen LogP contribution in [0.5, 0.6) is 0 Å². The lowest BCUT2D eigenvalue weighted by Gasteiger charge is -2.33. The van der Waals surface area contributed by atoms with Crippen molar-refractivity contribution in [1.29, 1.82) is 5.41 Å². The first-order valence-corrected chi connectivity index (χ1v) is 13.3. The minimum absolute atomic E-state index is 0.0183. The van der Waals surface area contributed by atoms with E-state index in [1.165, 1.54) is 6.07 Å². The second-order valence-electron chi connectivity index (χ2n) is 9.97. The van der Waals surface area contributed by atoms with E-state index in [1.807, 2.05) is 18.3 Å². The van der Waals surface area contributed by atoms with Crippen LogP contribution in [0, 0.1) is 17.0 Å². The summed E-state index contributed by atoms with van der Waals surface area (Å²) in [7, 11) is 0. The number of anilines is 3. The average molecular weight is 521 g/mol. The Morgan fingerprint density at radius 1 is 1.00 bits per heavy atom. The van der Waals surface area contributed by atoms with Crippen LogP contribution < -0.4 is 10.6 Å². The van der Waals surface area contributed by atoms with Crippen LogP contribution in [0.1, 0.15) is 43.7 Å². The van der Waals surface area contributed by atoms with Gasteiger partial charge < -0.3 is 20.9 Å². The fourth-order valence-electron chi connectivity index (χ4n) is 5.17. The molecule has 1 aliphatic heterocycles. The molecule has 2 aromatic heterocycles. The number of hydrogen-bond donors (Lipinski definition) is 3. The minimum atomic E-state index is -0.657. The van der Waals surface area contributed by atoms with Crippen LogP contribution in [0.15, 0.2) is 36.7 Å². The highest BCUT2D eigenvalue weighted by atomic mass is 19.1. The first-order valence-electron chi connectivity index (χ1n) is 13.3. The number of halogens is 2. The van der Waals surface area contributed by atoms with Crippen molar-refractivity contribution in [2.24, 2.45) is 0 Å². The molecule has 38 heavy (non-hydrogen) atoms. The van der Waals surface area contributed by atoms with E-state index in [-0.39, 0.29) is 28.8 Å². The van der Waals surface area contributed by atoms with Gasteiger partial charge in [0, 0.05) is 62.4 Å². The summed E-state index contributed by atoms with van der Waals surface area (Å²) in [5, 5.41) is 14.0. The Hall–Kier alpha value is -3.50. The maximum Gasteiger partial charge on any atom is 0.229 e. The first-order chi connectivity index (χ1) is 18.5. The lowest BCUT2D eigenvalue weighted by molar-refractivity contribution is 0.132. The van der Waals surface area contributed by atoms with Gasteiger partial charge in [-0.25, -0.2) is 23.7 Å². The van der Waals surface area contributed by atoms with Gasteiger partial charge in [0.25, 0.3) is 0 Å². The van der Waals surface area contributed by atoms with Crippen LogP contribution in [-0.2, 0) is 6.54 Å². The van der Waals surface area contributed by atoms with Crippen molar-refractivity contribution in [3.8, 4) is 11.3 Å². The van der Waals surface area contributed by atoms with Gasteiger partial charge in [0.05, 0.1) is 11.8 Å². The molecule has 0 atom stereocenters. The van der Waals surface area contributed by atoms with Crippen molar-refractivity contribution >= 4 is 23.7 Å². The molecule has 8 nitrogen and oxygen atoms in total. The predicted molar refractivity (Wildman–Crippen MR) is 146 cm³/mol. The zero-order chi connectivity index (χ0) is 26.5. The molecule has 1 saturated heterocycles. The Morgan fingerprint density at radius 2 is 1.76 bits per heavy atom. The maximum absolute atomic E-state index is 14.9. The molecule has 1 aromatic carbocycles. The number of hydrogen-bond acceptors (Lipinski definition) is 8. The smallest absolute Gasteiger partial charge is 0.229 e. The third kappa shape index (κ3) is 6.14. The molecule has 2 fully saturated rings. The van der Waals surface area contributed by atoms with E-state index in [0.717, 1.165) is 82.9 Å². The summed E-state index contributed by atoms with van der Waals surface area (Å²) in [5.41, 5.74) is 2.01. The van der Waals surface area contributed by atoms with Crippen LogP contribution in [0.4, 0.5) is 26.2 Å². The van der Waals surface area contributed by atoms with E-state index in [1.54, 1.807) is 6.07 Å². The summed E-state index contributed by atoms with van der Waals surface area (Å²) >= 11 is 0. The van der Waals surface area contributed by atoms with Gasteiger partial charge in [0.15, 0.2) is 5.82 Å². The number of piperazine rings is 1. The van der Waals surface area contributed by atoms with E-state index >= 15 is 0 Å². The van der Waals surface area contributed by atoms with Crippen molar-refractivity contribution in [3.63, 3.8) is 0 Å². The fourth-order valence-corrected chi connectivity index (χ4v) is 5.17. The van der Waals surface area contributed by atoms with E-state index in [9.17, 15) is 8.78 Å². The molecule has 200 valence electrons. The molecule has 10 heteroatoms. The Bertz CT molecular complexity index is 1250. The molecule has 0 unspecified atom stereocenters. The van der Waals surface area contributed by atoms with Crippen LogP contribution >= 0.6 is 0 Å². The summed E-state index contributed by atoms with van der Waals surface area (Å²) in [5.74, 6) is -0.551. The van der Waals surface area contributed by atoms with Gasteiger partial charge in [0.1, 0.15) is 17.3 Å². The summed E-state index contributed by atoms with van der Waals surface area (Å²) in [6.07, 6.45) is 8.08. The monoisotopic (exact) mass is 520 g/mol. The molecule has 3 heterocycles. The standard InChI is InChI=1S/C28H34F2N8/c1-2-37-9-11-38(12-10-37)18-19-7-8-26(32-16-19)35-28-33-17-24(30)27(36-28)20-13-23(29)22(15-31)25(14-20)34-21-5-3-4-6-21/h7-8,13-17,21,31,34H,2-6,9-12,18H2,1H3,(H,32,33,35,36). The average Bonchev–Trinajstić information content (AvgIpc) is 3.44. The van der Waals surface area contributed by atoms with Crippen molar-refractivity contribution in [1.82, 2.24) is 24.8 Å². The third-order valence-electron chi connectivity index (χ3n) is 7.39. The van der Waals surface area contributed by atoms with Crippen LogP contribution in [0.25, 0.3) is 11.3 Å². The highest BCUT2D eigenvalue weighted by Gasteiger charge is 2.20. The number of rotatable bonds is 9. The predicted octanol–water partition coefficient (Wildman–Crippen LogP) is 5.05. The highest BCUT2D eigenvalue weighted by Crippen LogP contribution is 2.31. The van der Waals surface area contributed by atoms with Crippen molar-refractivity contribution < 1.29 is 8.78 Å². The number of likely N-dealkylation sites (N-methyl/N-ethyl adjacent to an activating group) is 1. The topological polar surface area (TPSA) is 93.1 Å². The fraction of sp³-hybridized carbons (Fsp3) is 0.429. The SMILES string of the molecule is CCN1CCN(Cc2ccc(Nc3ncc(F)c(-c4cc(F)c(C=N)c(NC5CCCC5)c4)n3)nc2)CC1. The van der Waals surface area contributed by atoms with Gasteiger partial charge in [-0.2, -0.15) is 0 Å². The molecule has 0 radical (unpaired) electrons. The minimum Gasteiger partial charge on any atom is -0.382 e. The van der Waals surface area contributed by atoms with Crippen LogP contribution in [0.3, 0.4) is 0 Å². The van der Waals surface area contributed by atoms with Gasteiger partial charge in [-0.15, -0.1) is 0 Å². The largest absolute Gasteiger partial charge is 0.382 e. The molecule has 0 bridgehead atoms. The summed E-state index contributed by atoms with van der Waals surface area (Å²) in [4.78, 5) is 17.7. The normalized spacial score (nSPS) is 17.0. The van der Waals surface area contributed by atoms with Gasteiger partial charge >= 0.3 is 0 Å². The molecule has 0 amide bonds. The quantitative estimate of drug-likeness (QED) is 0.340. The van der Waals surface area contributed by atoms with E-state index in [2.05, 4.69) is 42.3 Å². The van der Waals surface area contributed by atoms with E-state index in [0.29, 0.717) is 11.5 Å². The number of nitrogens with one attached hydrogen (secondary N) is 3. The second kappa shape index (κ2) is 11.9. The molecule has 1 saturated carbocycles. The highest BCUT2D eigenvalue weighted by molar-refractivity contribution is 5.88. The third-order valence-corrected chi connectivity index (χ3v) is 7.39. The Labute approximate surface area is 222 Å². The lowest BCUT2D eigenvalue weighted by atomic mass is 10.0. The molecule has 0 spiro atoms. The summed E-state index contributed by atoms with van der Waals surface area (Å²) in [6.45, 7) is 8.37. The zero-order valence-corrected chi connectivity index (χ0v) is 21.7. The molecule has 2 aliphatic rings. The number of benzene rings is 1. The number of nitrogens with zero attached hydrogens (tertiary/aromatic N) is 5. The molecule has 5 rings (SSSR count). The van der Waals surface area contributed by atoms with Crippen LogP contribution in [0.2, 0.25) is 0 Å². The van der Waals surface area contributed by atoms with Gasteiger partial charge in [-0.05, 0) is 43.1 Å². The zero-order valence-electron chi connectivity index (χ0n) is 21.7. The second-order valence-corrected chi connectivity index (χ2v) is 9.97. The van der Waals surface area contributed by atoms with E-state index < -0.39 is 11.6 Å². The maximum atomic E-state index is 14.9. The van der Waals surface area contributed by atoms with Crippen molar-refractivity contribution in [2.45, 2.75) is 45.2 Å². The molecule has 1 aliphatic carbocycles. The molecular formula is C28H34F2N8. The molecule has 3 aromatic rings. The van der Waals surface area contributed by atoms with Crippen molar-refractivity contribution in [3.05, 3.63) is 59.4 Å². The Morgan fingerprint density at radius 3 is 2.45 bits per heavy atom. The molecule has 3 N–H and O–H groups in total. The number of pyridine rings is 1. The van der Waals surface area contributed by atoms with Crippen LogP contribution in [-0.4, -0.2) is 69.7 Å². The van der Waals surface area contributed by atoms with Crippen molar-refractivity contribution in [2.75, 3.05) is 43.4 Å². The Balaban J connectivity index is 1.30. The first kappa shape index (κ1) is 26.1. The van der Waals surface area contributed by atoms with Gasteiger partial charge in [-0.1, -0.05) is 25.8 Å². The number of aromatic nitrogens is 3. The Kier molecular flexibility index (Phi) is 8.19. The van der Waals surface area contributed by atoms with E-state index in [4.69, 9.17) is 5.41 Å². The van der Waals surface area contributed by atoms with Gasteiger partial charge in [0.2, 0.25) is 5.95 Å². The molecular weight excluding hydrogens is 486 g/mol. The van der Waals surface area contributed by atoms with Gasteiger partial charge in [-0.3, -0.25) is 4.90 Å². The lowest BCUT2D eigenvalue weighted by Crippen LogP contribution is -2.45.